The van der Waals surface area contributed by atoms with Crippen molar-refractivity contribution < 1.29 is 13.2 Å². The number of ether oxygens (including phenoxy) is 1. The molecule has 2 rings (SSSR count). The second-order valence-corrected chi connectivity index (χ2v) is 6.94. The van der Waals surface area contributed by atoms with Crippen molar-refractivity contribution >= 4 is 10.0 Å². The molecule has 6 heteroatoms. The molecule has 0 amide bonds. The van der Waals surface area contributed by atoms with Crippen LogP contribution in [0.4, 0.5) is 0 Å². The van der Waals surface area contributed by atoms with Crippen molar-refractivity contribution in [3.8, 4) is 0 Å². The van der Waals surface area contributed by atoms with E-state index in [1.54, 1.807) is 25.3 Å². The quantitative estimate of drug-likeness (QED) is 0.833. The minimum atomic E-state index is -3.45. The van der Waals surface area contributed by atoms with Gasteiger partial charge >= 0.3 is 0 Å². The molecule has 0 heterocycles. The molecule has 2 N–H and O–H groups in total. The lowest BCUT2D eigenvalue weighted by molar-refractivity contribution is 0.0236. The van der Waals surface area contributed by atoms with Gasteiger partial charge in [-0.25, -0.2) is 13.1 Å². The molecule has 1 aliphatic rings. The largest absolute Gasteiger partial charge is 0.381 e. The van der Waals surface area contributed by atoms with E-state index in [1.165, 1.54) is 0 Å². The highest BCUT2D eigenvalue weighted by molar-refractivity contribution is 7.89. The van der Waals surface area contributed by atoms with Crippen molar-refractivity contribution in [2.24, 2.45) is 0 Å². The van der Waals surface area contributed by atoms with Gasteiger partial charge in [-0.15, -0.1) is 0 Å². The maximum atomic E-state index is 12.3. The molecule has 0 saturated heterocycles. The van der Waals surface area contributed by atoms with E-state index in [1.807, 2.05) is 20.0 Å². The van der Waals surface area contributed by atoms with E-state index in [4.69, 9.17) is 4.74 Å². The lowest BCUT2D eigenvalue weighted by Crippen LogP contribution is -2.47. The summed E-state index contributed by atoms with van der Waals surface area (Å²) >= 11 is 0. The van der Waals surface area contributed by atoms with E-state index in [2.05, 4.69) is 10.0 Å². The molecule has 5 nitrogen and oxygen atoms in total. The van der Waals surface area contributed by atoms with Gasteiger partial charge < -0.3 is 10.1 Å². The molecule has 20 heavy (non-hydrogen) atoms. The van der Waals surface area contributed by atoms with Crippen LogP contribution in [0.5, 0.6) is 0 Å². The first-order chi connectivity index (χ1) is 9.46. The van der Waals surface area contributed by atoms with Crippen LogP contribution in [-0.4, -0.2) is 34.7 Å². The Morgan fingerprint density at radius 1 is 1.35 bits per heavy atom. The highest BCUT2D eigenvalue weighted by Gasteiger charge is 2.32. The van der Waals surface area contributed by atoms with Crippen molar-refractivity contribution in [3.05, 3.63) is 29.8 Å². The molecule has 0 spiro atoms. The summed E-state index contributed by atoms with van der Waals surface area (Å²) in [6.07, 6.45) is 1.66. The molecular weight excluding hydrogens is 276 g/mol. The Labute approximate surface area is 120 Å². The third-order valence-electron chi connectivity index (χ3n) is 3.85. The summed E-state index contributed by atoms with van der Waals surface area (Å²) in [5, 5.41) is 3.10. The molecule has 0 bridgehead atoms. The molecular formula is C14H22N2O3S. The van der Waals surface area contributed by atoms with Crippen LogP contribution in [0.1, 0.15) is 31.4 Å². The summed E-state index contributed by atoms with van der Waals surface area (Å²) in [6, 6.07) is 7.14. The van der Waals surface area contributed by atoms with Crippen molar-refractivity contribution in [2.45, 2.75) is 42.8 Å². The predicted octanol–water partition coefficient (Wildman–Crippen LogP) is 1.42. The Bertz CT molecular complexity index is 553. The van der Waals surface area contributed by atoms with Gasteiger partial charge in [-0.1, -0.05) is 12.1 Å². The molecule has 1 aromatic carbocycles. The minimum Gasteiger partial charge on any atom is -0.381 e. The van der Waals surface area contributed by atoms with Gasteiger partial charge in [-0.05, 0) is 44.5 Å². The highest BCUT2D eigenvalue weighted by Crippen LogP contribution is 2.25. The van der Waals surface area contributed by atoms with E-state index in [0.717, 1.165) is 18.4 Å². The Morgan fingerprint density at radius 3 is 2.65 bits per heavy atom. The number of sulfonamides is 1. The maximum absolute atomic E-state index is 12.3. The second-order valence-electron chi connectivity index (χ2n) is 5.23. The molecule has 112 valence electrons. The van der Waals surface area contributed by atoms with Crippen molar-refractivity contribution in [3.63, 3.8) is 0 Å². The fraction of sp³-hybridized carbons (Fsp3) is 0.571. The van der Waals surface area contributed by atoms with Crippen LogP contribution in [0.25, 0.3) is 0 Å². The molecule has 1 unspecified atom stereocenters. The van der Waals surface area contributed by atoms with Crippen LogP contribution in [0.3, 0.4) is 0 Å². The van der Waals surface area contributed by atoms with Crippen LogP contribution >= 0.6 is 0 Å². The first kappa shape index (κ1) is 15.4. The van der Waals surface area contributed by atoms with E-state index in [-0.39, 0.29) is 18.2 Å². The SMILES string of the molecule is CNC(C)c1cccc(S(=O)(=O)NC2CC(OC)C2)c1. The monoisotopic (exact) mass is 298 g/mol. The smallest absolute Gasteiger partial charge is 0.240 e. The summed E-state index contributed by atoms with van der Waals surface area (Å²) in [5.74, 6) is 0. The summed E-state index contributed by atoms with van der Waals surface area (Å²) in [6.45, 7) is 1.99. The van der Waals surface area contributed by atoms with Gasteiger partial charge in [-0.2, -0.15) is 0 Å². The molecule has 1 atom stereocenters. The predicted molar refractivity (Wildman–Crippen MR) is 78.1 cm³/mol. The number of methoxy groups -OCH3 is 1. The normalized spacial score (nSPS) is 24.1. The third-order valence-corrected chi connectivity index (χ3v) is 5.37. The van der Waals surface area contributed by atoms with Gasteiger partial charge in [0.1, 0.15) is 0 Å². The maximum Gasteiger partial charge on any atom is 0.240 e. The molecule has 1 aliphatic carbocycles. The summed E-state index contributed by atoms with van der Waals surface area (Å²) < 4.78 is 32.5. The van der Waals surface area contributed by atoms with Gasteiger partial charge in [0.2, 0.25) is 10.0 Å². The zero-order valence-electron chi connectivity index (χ0n) is 12.1. The second kappa shape index (κ2) is 6.22. The van der Waals surface area contributed by atoms with Crippen molar-refractivity contribution in [1.82, 2.24) is 10.0 Å². The number of hydrogen-bond acceptors (Lipinski definition) is 4. The molecule has 0 aliphatic heterocycles. The summed E-state index contributed by atoms with van der Waals surface area (Å²) in [7, 11) is 0.0517. The Morgan fingerprint density at radius 2 is 2.05 bits per heavy atom. The molecule has 0 radical (unpaired) electrons. The average Bonchev–Trinajstić information content (AvgIpc) is 2.41. The fourth-order valence-corrected chi connectivity index (χ4v) is 3.58. The first-order valence-corrected chi connectivity index (χ1v) is 8.27. The zero-order chi connectivity index (χ0) is 14.8. The summed E-state index contributed by atoms with van der Waals surface area (Å²) in [5.41, 5.74) is 0.957. The van der Waals surface area contributed by atoms with Crippen LogP contribution < -0.4 is 10.0 Å². The number of nitrogens with one attached hydrogen (secondary N) is 2. The van der Waals surface area contributed by atoms with E-state index >= 15 is 0 Å². The first-order valence-electron chi connectivity index (χ1n) is 6.78. The Hall–Kier alpha value is -0.950. The fourth-order valence-electron chi connectivity index (χ4n) is 2.26. The van der Waals surface area contributed by atoms with Crippen LogP contribution in [0.15, 0.2) is 29.2 Å². The Kier molecular flexibility index (Phi) is 4.80. The Balaban J connectivity index is 2.09. The van der Waals surface area contributed by atoms with Gasteiger partial charge in [0.05, 0.1) is 11.0 Å². The highest BCUT2D eigenvalue weighted by atomic mass is 32.2. The molecule has 0 aromatic heterocycles. The lowest BCUT2D eigenvalue weighted by Gasteiger charge is -2.34. The topological polar surface area (TPSA) is 67.4 Å². The van der Waals surface area contributed by atoms with E-state index in [0.29, 0.717) is 4.90 Å². The minimum absolute atomic E-state index is 0.0182. The van der Waals surface area contributed by atoms with Gasteiger partial charge in [-0.3, -0.25) is 0 Å². The van der Waals surface area contributed by atoms with Crippen molar-refractivity contribution in [2.75, 3.05) is 14.2 Å². The number of hydrogen-bond donors (Lipinski definition) is 2. The number of benzene rings is 1. The van der Waals surface area contributed by atoms with Crippen LogP contribution in [0, 0.1) is 0 Å². The van der Waals surface area contributed by atoms with E-state index in [9.17, 15) is 8.42 Å². The van der Waals surface area contributed by atoms with Gasteiger partial charge in [0.15, 0.2) is 0 Å². The third kappa shape index (κ3) is 3.38. The number of rotatable bonds is 6. The molecule has 1 fully saturated rings. The zero-order valence-corrected chi connectivity index (χ0v) is 12.9. The molecule has 1 saturated carbocycles. The van der Waals surface area contributed by atoms with Gasteiger partial charge in [0.25, 0.3) is 0 Å². The van der Waals surface area contributed by atoms with Crippen LogP contribution in [0.2, 0.25) is 0 Å². The van der Waals surface area contributed by atoms with Crippen molar-refractivity contribution in [1.29, 1.82) is 0 Å². The standard InChI is InChI=1S/C14H22N2O3S/c1-10(15-2)11-5-4-6-14(7-11)20(17,18)16-12-8-13(9-12)19-3/h4-7,10,12-13,15-16H,8-9H2,1-3H3. The lowest BCUT2D eigenvalue weighted by atomic mass is 9.90. The van der Waals surface area contributed by atoms with E-state index < -0.39 is 10.0 Å². The average molecular weight is 298 g/mol. The van der Waals surface area contributed by atoms with Crippen LogP contribution in [-0.2, 0) is 14.8 Å². The van der Waals surface area contributed by atoms with Gasteiger partial charge in [0, 0.05) is 19.2 Å². The summed E-state index contributed by atoms with van der Waals surface area (Å²) in [4.78, 5) is 0.318. The molecule has 1 aromatic rings.